The average molecular weight is 828 g/mol. The molecule has 4 aliphatic heterocycles. The Kier molecular flexibility index (Phi) is 17.5. The molecule has 6 atom stereocenters. The molecule has 1 aromatic rings. The third-order valence-corrected chi connectivity index (χ3v) is 13.7. The van der Waals surface area contributed by atoms with E-state index in [4.69, 9.17) is 17.2 Å². The number of rotatable bonds is 25. The van der Waals surface area contributed by atoms with Gasteiger partial charge < -0.3 is 49.1 Å². The highest BCUT2D eigenvalue weighted by Crippen LogP contribution is 2.36. The zero-order valence-corrected chi connectivity index (χ0v) is 34.5. The van der Waals surface area contributed by atoms with Crippen LogP contribution in [0.3, 0.4) is 0 Å². The number of anilines is 2. The average Bonchev–Trinajstić information content (AvgIpc) is 3.93. The van der Waals surface area contributed by atoms with Crippen LogP contribution in [0.4, 0.5) is 11.4 Å². The minimum absolute atomic E-state index is 0.0477. The van der Waals surface area contributed by atoms with Crippen molar-refractivity contribution in [2.75, 3.05) is 35.2 Å². The Morgan fingerprint density at radius 2 is 1.02 bits per heavy atom. The Bertz CT molecular complexity index is 1520. The molecule has 5 amide bonds. The second-order valence-corrected chi connectivity index (χ2v) is 17.9. The smallest absolute Gasteiger partial charge is 0.248 e. The lowest BCUT2D eigenvalue weighted by Crippen LogP contribution is -2.38. The van der Waals surface area contributed by atoms with Crippen molar-refractivity contribution in [3.05, 3.63) is 23.8 Å². The van der Waals surface area contributed by atoms with E-state index in [0.717, 1.165) is 75.7 Å². The maximum Gasteiger partial charge on any atom is 0.248 e. The van der Waals surface area contributed by atoms with E-state index >= 15 is 0 Å². The summed E-state index contributed by atoms with van der Waals surface area (Å²) >= 11 is 3.86. The van der Waals surface area contributed by atoms with Crippen LogP contribution in [0.5, 0.6) is 0 Å². The molecule has 0 spiro atoms. The summed E-state index contributed by atoms with van der Waals surface area (Å²) in [6, 6.07) is 5.77. The number of nitrogens with two attached hydrogens (primary N) is 3. The second-order valence-electron chi connectivity index (χ2n) is 15.3. The van der Waals surface area contributed by atoms with Crippen LogP contribution in [-0.4, -0.2) is 101 Å². The minimum atomic E-state index is -0.675. The molecule has 0 aromatic heterocycles. The zero-order valence-electron chi connectivity index (χ0n) is 32.8. The third kappa shape index (κ3) is 14.6. The number of fused-ring (bicyclic) bond motifs is 2. The Balaban J connectivity index is 0.867. The summed E-state index contributed by atoms with van der Waals surface area (Å²) in [5.74, 6) is 2.11. The maximum atomic E-state index is 12.7. The van der Waals surface area contributed by atoms with E-state index < -0.39 is 5.91 Å². The van der Waals surface area contributed by atoms with Crippen molar-refractivity contribution in [1.82, 2.24) is 21.3 Å². The predicted octanol–water partition coefficient (Wildman–Crippen LogP) is 2.68. The van der Waals surface area contributed by atoms with Gasteiger partial charge in [0.05, 0.1) is 24.2 Å². The lowest BCUT2D eigenvalue weighted by molar-refractivity contribution is -0.122. The molecule has 1 aromatic carbocycles. The van der Waals surface area contributed by atoms with Crippen LogP contribution in [0, 0.1) is 0 Å². The van der Waals surface area contributed by atoms with Gasteiger partial charge in [-0.3, -0.25) is 24.0 Å². The van der Waals surface area contributed by atoms with Gasteiger partial charge in [-0.05, 0) is 69.6 Å². The molecule has 4 aliphatic rings. The molecule has 0 unspecified atom stereocenters. The van der Waals surface area contributed by atoms with E-state index in [1.54, 1.807) is 6.07 Å². The SMILES string of the molecule is NC(=O)c1cc(NC(=O)CCCCCNC(=O)CCCC[C@@H]2SC[C@@H]3NC(N)=N[C@@H]32)cc(NC(=O)CCCCCNC(=O)CCCC[C@@H]2SC[C@@H]3NC(N)=N[C@@H]32)c1. The van der Waals surface area contributed by atoms with Gasteiger partial charge >= 0.3 is 0 Å². The van der Waals surface area contributed by atoms with E-state index in [2.05, 4.69) is 41.9 Å². The van der Waals surface area contributed by atoms with Crippen LogP contribution >= 0.6 is 23.5 Å². The molecule has 12 N–H and O–H groups in total. The van der Waals surface area contributed by atoms with Gasteiger partial charge in [-0.2, -0.15) is 23.5 Å². The molecule has 4 heterocycles. The van der Waals surface area contributed by atoms with E-state index in [-0.39, 0.29) is 54.1 Å². The van der Waals surface area contributed by atoms with Crippen LogP contribution in [0.1, 0.15) is 113 Å². The Morgan fingerprint density at radius 3 is 1.46 bits per heavy atom. The highest BCUT2D eigenvalue weighted by molar-refractivity contribution is 8.00. The molecule has 5 rings (SSSR count). The largest absolute Gasteiger partial charge is 0.370 e. The van der Waals surface area contributed by atoms with Gasteiger partial charge in [-0.1, -0.05) is 25.7 Å². The fourth-order valence-electron chi connectivity index (χ4n) is 7.68. The molecule has 57 heavy (non-hydrogen) atoms. The van der Waals surface area contributed by atoms with Gasteiger partial charge in [0.2, 0.25) is 29.5 Å². The Hall–Kier alpha value is -4.19. The number of aliphatic imine (C=N–C) groups is 2. The predicted molar refractivity (Wildman–Crippen MR) is 229 cm³/mol. The zero-order chi connectivity index (χ0) is 40.6. The molecule has 314 valence electrons. The fourth-order valence-corrected chi connectivity index (χ4v) is 10.7. The summed E-state index contributed by atoms with van der Waals surface area (Å²) in [5, 5.41) is 18.9. The Morgan fingerprint density at radius 1 is 0.596 bits per heavy atom. The number of guanidine groups is 2. The number of thioether (sulfide) groups is 2. The molecule has 16 nitrogen and oxygen atoms in total. The Labute approximate surface area is 344 Å². The van der Waals surface area contributed by atoms with Crippen molar-refractivity contribution in [3.8, 4) is 0 Å². The third-order valence-electron chi connectivity index (χ3n) is 10.7. The van der Waals surface area contributed by atoms with Crippen LogP contribution in [0.15, 0.2) is 28.2 Å². The number of primary amides is 1. The number of carbonyl (C=O) groups excluding carboxylic acids is 5. The van der Waals surface area contributed by atoms with Crippen molar-refractivity contribution in [2.45, 2.75) is 137 Å². The summed E-state index contributed by atoms with van der Waals surface area (Å²) in [6.45, 7) is 1.13. The minimum Gasteiger partial charge on any atom is -0.370 e. The van der Waals surface area contributed by atoms with Gasteiger partial charge in [0.15, 0.2) is 11.9 Å². The van der Waals surface area contributed by atoms with Crippen LogP contribution in [0.2, 0.25) is 0 Å². The quantitative estimate of drug-likeness (QED) is 0.0648. The number of hydrogen-bond acceptors (Lipinski definition) is 13. The van der Waals surface area contributed by atoms with Crippen molar-refractivity contribution in [2.24, 2.45) is 27.2 Å². The highest BCUT2D eigenvalue weighted by Gasteiger charge is 2.41. The summed E-state index contributed by atoms with van der Waals surface area (Å²) in [6.07, 6.45) is 11.6. The first-order chi connectivity index (χ1) is 27.5. The van der Waals surface area contributed by atoms with Crippen LogP contribution < -0.4 is 49.1 Å². The number of nitrogens with one attached hydrogen (secondary N) is 6. The van der Waals surface area contributed by atoms with Gasteiger partial charge in [-0.15, -0.1) is 0 Å². The second kappa shape index (κ2) is 22.7. The van der Waals surface area contributed by atoms with Gasteiger partial charge in [0.25, 0.3) is 0 Å². The molecule has 2 saturated heterocycles. The van der Waals surface area contributed by atoms with E-state index in [1.807, 2.05) is 23.5 Å². The lowest BCUT2D eigenvalue weighted by atomic mass is 10.0. The number of unbranched alkanes of at least 4 members (excludes halogenated alkanes) is 6. The van der Waals surface area contributed by atoms with E-state index in [1.165, 1.54) is 12.1 Å². The summed E-state index contributed by atoms with van der Waals surface area (Å²) in [4.78, 5) is 70.9. The monoisotopic (exact) mass is 827 g/mol. The topological polar surface area (TPSA) is 260 Å². The molecule has 0 saturated carbocycles. The first kappa shape index (κ1) is 43.9. The van der Waals surface area contributed by atoms with Gasteiger partial charge in [0, 0.05) is 77.7 Å². The molecular formula is C39H61N11O5S2. The molecule has 0 radical (unpaired) electrons. The van der Waals surface area contributed by atoms with Crippen LogP contribution in [0.25, 0.3) is 0 Å². The number of amides is 5. The van der Waals surface area contributed by atoms with E-state index in [0.29, 0.717) is 84.7 Å². The number of carbonyl (C=O) groups is 5. The summed E-state index contributed by atoms with van der Waals surface area (Å²) < 4.78 is 0. The summed E-state index contributed by atoms with van der Waals surface area (Å²) in [7, 11) is 0. The summed E-state index contributed by atoms with van der Waals surface area (Å²) in [5.41, 5.74) is 18.0. The van der Waals surface area contributed by atoms with Crippen molar-refractivity contribution >= 4 is 76.4 Å². The molecule has 0 bridgehead atoms. The fraction of sp³-hybridized carbons (Fsp3) is 0.667. The van der Waals surface area contributed by atoms with Crippen molar-refractivity contribution in [1.29, 1.82) is 0 Å². The highest BCUT2D eigenvalue weighted by atomic mass is 32.2. The molecule has 0 aliphatic carbocycles. The number of benzene rings is 1. The van der Waals surface area contributed by atoms with E-state index in [9.17, 15) is 24.0 Å². The molecule has 18 heteroatoms. The lowest BCUT2D eigenvalue weighted by Gasteiger charge is -2.14. The molecule has 2 fully saturated rings. The van der Waals surface area contributed by atoms with Crippen molar-refractivity contribution in [3.63, 3.8) is 0 Å². The standard InChI is InChI=1S/C39H61N11O5S2/c40-37(55)24-19-25(45-33(53)15-3-1-9-17-43-31(51)13-7-5-11-29-35-27(22-56-29)47-38(41)49-35)21-26(20-24)46-34(54)16-4-2-10-18-44-32(52)14-8-6-12-30-36-28(23-57-30)48-39(42)50-36/h19-21,27-30,35-36H,1-18,22-23H2,(H2,40,55)(H,43,51)(H,44,52)(H,45,53)(H,46,54)(H3,41,47,49)(H3,42,48,50)/t27-,28-,29-,30-,35-,36-/m0/s1. The maximum absolute atomic E-state index is 12.7. The van der Waals surface area contributed by atoms with Crippen molar-refractivity contribution < 1.29 is 24.0 Å². The number of hydrogen-bond donors (Lipinski definition) is 9. The van der Waals surface area contributed by atoms with Gasteiger partial charge in [-0.25, -0.2) is 9.98 Å². The first-order valence-corrected chi connectivity index (χ1v) is 22.6. The van der Waals surface area contributed by atoms with Gasteiger partial charge in [0.1, 0.15) is 0 Å². The first-order valence-electron chi connectivity index (χ1n) is 20.5. The molecular weight excluding hydrogens is 767 g/mol. The van der Waals surface area contributed by atoms with Crippen LogP contribution in [-0.2, 0) is 19.2 Å². The normalized spacial score (nSPS) is 23.0. The number of nitrogens with zero attached hydrogens (tertiary/aromatic N) is 2.